The fourth-order valence-electron chi connectivity index (χ4n) is 1.55. The van der Waals surface area contributed by atoms with Crippen LogP contribution in [0.2, 0.25) is 0 Å². The molecule has 0 radical (unpaired) electrons. The van der Waals surface area contributed by atoms with E-state index in [4.69, 9.17) is 5.73 Å². The van der Waals surface area contributed by atoms with E-state index in [1.54, 1.807) is 0 Å². The summed E-state index contributed by atoms with van der Waals surface area (Å²) in [7, 11) is 0. The van der Waals surface area contributed by atoms with E-state index < -0.39 is 6.17 Å². The lowest BCUT2D eigenvalue weighted by Gasteiger charge is -1.95. The molecule has 3 N–H and O–H groups in total. The number of rotatable bonds is 2. The second-order valence-corrected chi connectivity index (χ2v) is 3.47. The Morgan fingerprint density at radius 3 is 2.86 bits per heavy atom. The highest BCUT2D eigenvalue weighted by Crippen LogP contribution is 2.22. The molecule has 1 heterocycles. The maximum atomic E-state index is 13.0. The molecule has 0 aliphatic heterocycles. The molecule has 0 aliphatic carbocycles. The van der Waals surface area contributed by atoms with Gasteiger partial charge in [-0.15, -0.1) is 0 Å². The van der Waals surface area contributed by atoms with E-state index >= 15 is 0 Å². The molecule has 1 aromatic carbocycles. The largest absolute Gasteiger partial charge is 0.356 e. The molecule has 2 nitrogen and oxygen atoms in total. The van der Waals surface area contributed by atoms with Gasteiger partial charge in [0.1, 0.15) is 6.17 Å². The lowest BCUT2D eigenvalue weighted by Crippen LogP contribution is -1.94. The molecule has 2 rings (SSSR count). The molecule has 0 bridgehead atoms. The van der Waals surface area contributed by atoms with Gasteiger partial charge < -0.3 is 10.7 Å². The molecule has 0 amide bonds. The minimum atomic E-state index is -0.955. The van der Waals surface area contributed by atoms with Gasteiger partial charge in [0.2, 0.25) is 0 Å². The summed E-state index contributed by atoms with van der Waals surface area (Å²) in [4.78, 5) is 3.03. The smallest absolute Gasteiger partial charge is 0.137 e. The van der Waals surface area contributed by atoms with E-state index in [1.165, 1.54) is 6.92 Å². The van der Waals surface area contributed by atoms with Gasteiger partial charge in [-0.05, 0) is 30.7 Å². The zero-order chi connectivity index (χ0) is 10.1. The summed E-state index contributed by atoms with van der Waals surface area (Å²) in [6.45, 7) is 2.04. The van der Waals surface area contributed by atoms with E-state index in [0.717, 1.165) is 16.5 Å². The van der Waals surface area contributed by atoms with Crippen LogP contribution in [-0.2, 0) is 6.54 Å². The first-order chi connectivity index (χ1) is 6.70. The van der Waals surface area contributed by atoms with Crippen molar-refractivity contribution in [2.24, 2.45) is 5.73 Å². The number of aromatic amines is 1. The number of alkyl halides is 1. The van der Waals surface area contributed by atoms with Crippen LogP contribution in [0.15, 0.2) is 24.3 Å². The molecular formula is C11H13FN2. The first-order valence-electron chi connectivity index (χ1n) is 4.66. The second kappa shape index (κ2) is 3.42. The predicted octanol–water partition coefficient (Wildman–Crippen LogP) is 2.66. The van der Waals surface area contributed by atoms with E-state index in [2.05, 4.69) is 4.98 Å². The van der Waals surface area contributed by atoms with Gasteiger partial charge in [0.05, 0.1) is 5.69 Å². The minimum absolute atomic E-state index is 0.516. The second-order valence-electron chi connectivity index (χ2n) is 3.47. The van der Waals surface area contributed by atoms with Crippen molar-refractivity contribution >= 4 is 10.9 Å². The van der Waals surface area contributed by atoms with Gasteiger partial charge in [-0.25, -0.2) is 4.39 Å². The molecule has 0 saturated carbocycles. The SMILES string of the molecule is CC(F)c1cc2cc(CN)ccc2[nH]1. The summed E-state index contributed by atoms with van der Waals surface area (Å²) < 4.78 is 13.0. The Morgan fingerprint density at radius 1 is 1.43 bits per heavy atom. The molecule has 2 aromatic rings. The fraction of sp³-hybridized carbons (Fsp3) is 0.273. The van der Waals surface area contributed by atoms with E-state index in [-0.39, 0.29) is 0 Å². The van der Waals surface area contributed by atoms with Crippen molar-refractivity contribution in [3.8, 4) is 0 Å². The third kappa shape index (κ3) is 1.51. The van der Waals surface area contributed by atoms with Crippen molar-refractivity contribution in [1.82, 2.24) is 4.98 Å². The summed E-state index contributed by atoms with van der Waals surface area (Å²) in [6, 6.07) is 7.70. The average Bonchev–Trinajstić information content (AvgIpc) is 2.59. The summed E-state index contributed by atoms with van der Waals surface area (Å²) in [6.07, 6.45) is -0.955. The Morgan fingerprint density at radius 2 is 2.21 bits per heavy atom. The Kier molecular flexibility index (Phi) is 2.25. The molecule has 0 fully saturated rings. The van der Waals surface area contributed by atoms with E-state index in [1.807, 2.05) is 24.3 Å². The van der Waals surface area contributed by atoms with Crippen LogP contribution in [0.25, 0.3) is 10.9 Å². The van der Waals surface area contributed by atoms with Crippen LogP contribution in [0, 0.1) is 0 Å². The van der Waals surface area contributed by atoms with Crippen molar-refractivity contribution in [3.63, 3.8) is 0 Å². The summed E-state index contributed by atoms with van der Waals surface area (Å²) >= 11 is 0. The summed E-state index contributed by atoms with van der Waals surface area (Å²) in [5.74, 6) is 0. The van der Waals surface area contributed by atoms with Gasteiger partial charge in [-0.3, -0.25) is 0 Å². The first kappa shape index (κ1) is 9.21. The zero-order valence-corrected chi connectivity index (χ0v) is 8.05. The molecule has 1 aromatic heterocycles. The number of H-pyrrole nitrogens is 1. The molecular weight excluding hydrogens is 179 g/mol. The molecule has 0 aliphatic rings. The molecule has 1 unspecified atom stereocenters. The van der Waals surface area contributed by atoms with Gasteiger partial charge >= 0.3 is 0 Å². The summed E-state index contributed by atoms with van der Waals surface area (Å²) in [5.41, 5.74) is 8.17. The Labute approximate surface area is 81.9 Å². The number of halogens is 1. The van der Waals surface area contributed by atoms with Gasteiger partial charge in [-0.2, -0.15) is 0 Å². The lowest BCUT2D eigenvalue weighted by atomic mass is 10.1. The highest BCUT2D eigenvalue weighted by molar-refractivity contribution is 5.81. The van der Waals surface area contributed by atoms with Crippen LogP contribution in [0.3, 0.4) is 0 Å². The standard InChI is InChI=1S/C11H13FN2/c1-7(12)11-5-9-4-8(6-13)2-3-10(9)14-11/h2-5,7,14H,6,13H2,1H3. The number of aromatic nitrogens is 1. The number of nitrogens with two attached hydrogens (primary N) is 1. The van der Waals surface area contributed by atoms with Gasteiger partial charge in [0.25, 0.3) is 0 Å². The highest BCUT2D eigenvalue weighted by atomic mass is 19.1. The normalized spacial score (nSPS) is 13.4. The predicted molar refractivity (Wildman–Crippen MR) is 55.7 cm³/mol. The van der Waals surface area contributed by atoms with Crippen LogP contribution < -0.4 is 5.73 Å². The van der Waals surface area contributed by atoms with Crippen LogP contribution in [0.4, 0.5) is 4.39 Å². The van der Waals surface area contributed by atoms with E-state index in [0.29, 0.717) is 12.2 Å². The monoisotopic (exact) mass is 192 g/mol. The van der Waals surface area contributed by atoms with Crippen molar-refractivity contribution in [2.75, 3.05) is 0 Å². The van der Waals surface area contributed by atoms with Crippen molar-refractivity contribution in [2.45, 2.75) is 19.6 Å². The van der Waals surface area contributed by atoms with Crippen LogP contribution in [-0.4, -0.2) is 4.98 Å². The molecule has 0 spiro atoms. The van der Waals surface area contributed by atoms with Crippen LogP contribution >= 0.6 is 0 Å². The quantitative estimate of drug-likeness (QED) is 0.754. The molecule has 0 saturated heterocycles. The van der Waals surface area contributed by atoms with Gasteiger partial charge in [-0.1, -0.05) is 6.07 Å². The zero-order valence-electron chi connectivity index (χ0n) is 8.05. The van der Waals surface area contributed by atoms with Crippen molar-refractivity contribution < 1.29 is 4.39 Å². The third-order valence-electron chi connectivity index (χ3n) is 2.37. The maximum absolute atomic E-state index is 13.0. The first-order valence-corrected chi connectivity index (χ1v) is 4.66. The number of hydrogen-bond donors (Lipinski definition) is 2. The van der Waals surface area contributed by atoms with E-state index in [9.17, 15) is 4.39 Å². The molecule has 1 atom stereocenters. The van der Waals surface area contributed by atoms with Crippen LogP contribution in [0.5, 0.6) is 0 Å². The Hall–Kier alpha value is -1.35. The van der Waals surface area contributed by atoms with Crippen LogP contribution in [0.1, 0.15) is 24.4 Å². The number of fused-ring (bicyclic) bond motifs is 1. The van der Waals surface area contributed by atoms with Gasteiger partial charge in [0, 0.05) is 17.4 Å². The minimum Gasteiger partial charge on any atom is -0.356 e. The van der Waals surface area contributed by atoms with Gasteiger partial charge in [0.15, 0.2) is 0 Å². The maximum Gasteiger partial charge on any atom is 0.137 e. The third-order valence-corrected chi connectivity index (χ3v) is 2.37. The fourth-order valence-corrected chi connectivity index (χ4v) is 1.55. The lowest BCUT2D eigenvalue weighted by molar-refractivity contribution is 0.367. The molecule has 14 heavy (non-hydrogen) atoms. The average molecular weight is 192 g/mol. The number of benzene rings is 1. The van der Waals surface area contributed by atoms with Crippen molar-refractivity contribution in [1.29, 1.82) is 0 Å². The Bertz CT molecular complexity index is 445. The number of nitrogens with one attached hydrogen (secondary N) is 1. The Balaban J connectivity index is 2.54. The highest BCUT2D eigenvalue weighted by Gasteiger charge is 2.06. The van der Waals surface area contributed by atoms with Crippen molar-refractivity contribution in [3.05, 3.63) is 35.5 Å². The molecule has 74 valence electrons. The topological polar surface area (TPSA) is 41.8 Å². The number of hydrogen-bond acceptors (Lipinski definition) is 1. The molecule has 3 heteroatoms. The summed E-state index contributed by atoms with van der Waals surface area (Å²) in [5, 5.41) is 1.02.